The molecule has 0 radical (unpaired) electrons. The summed E-state index contributed by atoms with van der Waals surface area (Å²) < 4.78 is 9.40. The quantitative estimate of drug-likeness (QED) is 0.562. The fourth-order valence-corrected chi connectivity index (χ4v) is 1.40. The molecule has 6 heteroatoms. The van der Waals surface area contributed by atoms with Crippen molar-refractivity contribution >= 4 is 11.9 Å². The van der Waals surface area contributed by atoms with Crippen molar-refractivity contribution in [1.82, 2.24) is 4.90 Å². The van der Waals surface area contributed by atoms with Crippen molar-refractivity contribution in [3.05, 3.63) is 47.0 Å². The summed E-state index contributed by atoms with van der Waals surface area (Å²) in [6.45, 7) is 5.46. The Balaban J connectivity index is 2.83. The average Bonchev–Trinajstić information content (AvgIpc) is 2.38. The van der Waals surface area contributed by atoms with Gasteiger partial charge < -0.3 is 14.1 Å². The molecule has 0 spiro atoms. The van der Waals surface area contributed by atoms with E-state index >= 15 is 0 Å². The predicted octanol–water partition coefficient (Wildman–Crippen LogP) is 0.831. The van der Waals surface area contributed by atoms with Crippen LogP contribution in [0.15, 0.2) is 40.3 Å². The molecule has 1 aromatic heterocycles. The maximum absolute atomic E-state index is 12.1. The van der Waals surface area contributed by atoms with Crippen LogP contribution in [0.3, 0.4) is 0 Å². The number of carbonyl (C=O) groups excluding carboxylic acids is 2. The number of amides is 1. The number of nitrogens with zero attached hydrogens (tertiary/aromatic N) is 1. The fraction of sp³-hybridized carbons (Fsp3) is 0.308. The van der Waals surface area contributed by atoms with E-state index in [-0.39, 0.29) is 25.3 Å². The summed E-state index contributed by atoms with van der Waals surface area (Å²) in [5, 5.41) is 0. The van der Waals surface area contributed by atoms with Crippen LogP contribution in [-0.2, 0) is 9.53 Å². The van der Waals surface area contributed by atoms with Crippen molar-refractivity contribution in [3.8, 4) is 0 Å². The minimum absolute atomic E-state index is 0.183. The number of esters is 1. The van der Waals surface area contributed by atoms with E-state index < -0.39 is 17.5 Å². The third-order valence-electron chi connectivity index (χ3n) is 2.21. The monoisotopic (exact) mass is 265 g/mol. The number of rotatable bonds is 6. The second kappa shape index (κ2) is 7.15. The van der Waals surface area contributed by atoms with E-state index in [4.69, 9.17) is 4.74 Å². The van der Waals surface area contributed by atoms with Gasteiger partial charge in [-0.2, -0.15) is 0 Å². The second-order valence-electron chi connectivity index (χ2n) is 3.62. The van der Waals surface area contributed by atoms with Gasteiger partial charge in [0.15, 0.2) is 0 Å². The molecule has 0 N–H and O–H groups in total. The Morgan fingerprint density at radius 3 is 2.74 bits per heavy atom. The molecule has 0 saturated carbocycles. The lowest BCUT2D eigenvalue weighted by molar-refractivity contribution is -0.143. The summed E-state index contributed by atoms with van der Waals surface area (Å²) in [6.07, 6.45) is 2.56. The van der Waals surface area contributed by atoms with Crippen LogP contribution in [0.2, 0.25) is 0 Å². The highest BCUT2D eigenvalue weighted by atomic mass is 16.5. The molecule has 1 amide bonds. The van der Waals surface area contributed by atoms with Gasteiger partial charge in [-0.25, -0.2) is 4.79 Å². The van der Waals surface area contributed by atoms with Crippen molar-refractivity contribution in [2.24, 2.45) is 0 Å². The summed E-state index contributed by atoms with van der Waals surface area (Å²) in [5.41, 5.74) is -0.358. The number of carbonyl (C=O) groups is 2. The molecule has 0 aromatic carbocycles. The van der Waals surface area contributed by atoms with Gasteiger partial charge in [0.2, 0.25) is 0 Å². The Morgan fingerprint density at radius 1 is 1.47 bits per heavy atom. The molecule has 0 saturated heterocycles. The van der Waals surface area contributed by atoms with Gasteiger partial charge in [-0.3, -0.25) is 9.59 Å². The van der Waals surface area contributed by atoms with Gasteiger partial charge in [0.1, 0.15) is 12.8 Å². The summed E-state index contributed by atoms with van der Waals surface area (Å²) in [5.74, 6) is -0.938. The second-order valence-corrected chi connectivity index (χ2v) is 3.62. The summed E-state index contributed by atoms with van der Waals surface area (Å²) >= 11 is 0. The van der Waals surface area contributed by atoms with E-state index in [2.05, 4.69) is 11.0 Å². The van der Waals surface area contributed by atoms with E-state index in [1.165, 1.54) is 17.0 Å². The van der Waals surface area contributed by atoms with E-state index in [0.29, 0.717) is 0 Å². The Morgan fingerprint density at radius 2 is 2.21 bits per heavy atom. The minimum atomic E-state index is -0.544. The summed E-state index contributed by atoms with van der Waals surface area (Å²) in [6, 6.07) is 2.49. The molecule has 0 aliphatic carbocycles. The maximum Gasteiger partial charge on any atom is 0.335 e. The van der Waals surface area contributed by atoms with Crippen LogP contribution in [0, 0.1) is 0 Å². The van der Waals surface area contributed by atoms with Crippen molar-refractivity contribution in [1.29, 1.82) is 0 Å². The standard InChI is InChI=1S/C13H15NO5/c1-3-7-14(8-12(16)18-4-2)13(17)10-5-6-11(15)19-9-10/h3,5-6,9H,1,4,7-8H2,2H3. The van der Waals surface area contributed by atoms with Crippen molar-refractivity contribution in [3.63, 3.8) is 0 Å². The van der Waals surface area contributed by atoms with Crippen LogP contribution in [0.4, 0.5) is 0 Å². The number of ether oxygens (including phenoxy) is 1. The van der Waals surface area contributed by atoms with Gasteiger partial charge in [-0.15, -0.1) is 6.58 Å². The lowest BCUT2D eigenvalue weighted by atomic mass is 10.2. The van der Waals surface area contributed by atoms with Crippen LogP contribution >= 0.6 is 0 Å². The van der Waals surface area contributed by atoms with Gasteiger partial charge in [-0.05, 0) is 13.0 Å². The molecule has 102 valence electrons. The molecule has 0 bridgehead atoms. The van der Waals surface area contributed by atoms with Gasteiger partial charge >= 0.3 is 11.6 Å². The third kappa shape index (κ3) is 4.42. The molecular weight excluding hydrogens is 250 g/mol. The first kappa shape index (κ1) is 14.7. The highest BCUT2D eigenvalue weighted by Crippen LogP contribution is 2.03. The third-order valence-corrected chi connectivity index (χ3v) is 2.21. The van der Waals surface area contributed by atoms with Crippen LogP contribution in [0.1, 0.15) is 17.3 Å². The molecule has 6 nitrogen and oxygen atoms in total. The molecule has 0 aliphatic rings. The average molecular weight is 265 g/mol. The topological polar surface area (TPSA) is 76.8 Å². The summed E-state index contributed by atoms with van der Waals surface area (Å²) in [4.78, 5) is 35.6. The Labute approximate surface area is 110 Å². The van der Waals surface area contributed by atoms with Gasteiger partial charge in [-0.1, -0.05) is 6.08 Å². The summed E-state index contributed by atoms with van der Waals surface area (Å²) in [7, 11) is 0. The van der Waals surface area contributed by atoms with Crippen molar-refractivity contribution in [2.75, 3.05) is 19.7 Å². The highest BCUT2D eigenvalue weighted by molar-refractivity contribution is 5.95. The maximum atomic E-state index is 12.1. The molecule has 0 aliphatic heterocycles. The molecule has 0 atom stereocenters. The Bertz CT molecular complexity index is 500. The van der Waals surface area contributed by atoms with Crippen LogP contribution in [0.25, 0.3) is 0 Å². The predicted molar refractivity (Wildman–Crippen MR) is 67.7 cm³/mol. The van der Waals surface area contributed by atoms with Gasteiger partial charge in [0.05, 0.1) is 12.2 Å². The molecule has 1 rings (SSSR count). The Hall–Kier alpha value is -2.37. The first-order valence-corrected chi connectivity index (χ1v) is 5.73. The zero-order valence-electron chi connectivity index (χ0n) is 10.6. The van der Waals surface area contributed by atoms with E-state index in [0.717, 1.165) is 12.3 Å². The van der Waals surface area contributed by atoms with Crippen LogP contribution < -0.4 is 5.63 Å². The van der Waals surface area contributed by atoms with E-state index in [1.807, 2.05) is 0 Å². The molecule has 1 heterocycles. The molecule has 0 unspecified atom stereocenters. The van der Waals surface area contributed by atoms with Gasteiger partial charge in [0.25, 0.3) is 5.91 Å². The first-order valence-electron chi connectivity index (χ1n) is 5.73. The number of hydrogen-bond donors (Lipinski definition) is 0. The molecular formula is C13H15NO5. The molecule has 19 heavy (non-hydrogen) atoms. The zero-order valence-corrected chi connectivity index (χ0v) is 10.6. The van der Waals surface area contributed by atoms with Crippen molar-refractivity contribution in [2.45, 2.75) is 6.92 Å². The molecule has 1 aromatic rings. The lowest BCUT2D eigenvalue weighted by Crippen LogP contribution is -2.36. The van der Waals surface area contributed by atoms with E-state index in [9.17, 15) is 14.4 Å². The Kier molecular flexibility index (Phi) is 5.53. The van der Waals surface area contributed by atoms with Crippen LogP contribution in [-0.4, -0.2) is 36.5 Å². The largest absolute Gasteiger partial charge is 0.465 e. The number of hydrogen-bond acceptors (Lipinski definition) is 5. The van der Waals surface area contributed by atoms with E-state index in [1.54, 1.807) is 6.92 Å². The lowest BCUT2D eigenvalue weighted by Gasteiger charge is -2.19. The zero-order chi connectivity index (χ0) is 14.3. The fourth-order valence-electron chi connectivity index (χ4n) is 1.40. The van der Waals surface area contributed by atoms with Crippen LogP contribution in [0.5, 0.6) is 0 Å². The smallest absolute Gasteiger partial charge is 0.335 e. The molecule has 0 fully saturated rings. The SMILES string of the molecule is C=CCN(CC(=O)OCC)C(=O)c1ccc(=O)oc1. The first-order chi connectivity index (χ1) is 9.08. The minimum Gasteiger partial charge on any atom is -0.465 e. The normalized spacial score (nSPS) is 9.74. The van der Waals surface area contributed by atoms with Gasteiger partial charge in [0, 0.05) is 12.6 Å². The highest BCUT2D eigenvalue weighted by Gasteiger charge is 2.18. The van der Waals surface area contributed by atoms with Crippen molar-refractivity contribution < 1.29 is 18.7 Å².